The van der Waals surface area contributed by atoms with Crippen molar-refractivity contribution in [3.8, 4) is 5.69 Å². The molecule has 1 N–H and O–H groups in total. The van der Waals surface area contributed by atoms with Gasteiger partial charge in [0.15, 0.2) is 10.6 Å². The van der Waals surface area contributed by atoms with Crippen LogP contribution in [0.2, 0.25) is 0 Å². The summed E-state index contributed by atoms with van der Waals surface area (Å²) in [6.45, 7) is 1.49. The fraction of sp³-hybridized carbons (Fsp3) is 0.333. The maximum Gasteiger partial charge on any atom is 0.199 e. The average molecular weight is 265 g/mol. The molecule has 0 aliphatic carbocycles. The standard InChI is InChI=1S/C12H15N3O2S/c1-16-7-8-17-9-11-13-14-12(18)15(11)10-5-3-2-4-6-10/h2-6H,7-9H2,1H3,(H,14,18). The van der Waals surface area contributed by atoms with E-state index in [0.29, 0.717) is 24.6 Å². The highest BCUT2D eigenvalue weighted by Crippen LogP contribution is 2.11. The Hall–Kier alpha value is -1.50. The van der Waals surface area contributed by atoms with Crippen molar-refractivity contribution < 1.29 is 9.47 Å². The van der Waals surface area contributed by atoms with Crippen molar-refractivity contribution in [2.75, 3.05) is 20.3 Å². The van der Waals surface area contributed by atoms with Crippen LogP contribution in [0.4, 0.5) is 0 Å². The summed E-state index contributed by atoms with van der Waals surface area (Å²) < 4.78 is 12.8. The zero-order valence-corrected chi connectivity index (χ0v) is 10.9. The summed E-state index contributed by atoms with van der Waals surface area (Å²) in [7, 11) is 1.64. The fourth-order valence-corrected chi connectivity index (χ4v) is 1.83. The number of nitrogens with zero attached hydrogens (tertiary/aromatic N) is 2. The van der Waals surface area contributed by atoms with Crippen LogP contribution in [0.15, 0.2) is 30.3 Å². The van der Waals surface area contributed by atoms with Crippen LogP contribution in [0, 0.1) is 4.77 Å². The van der Waals surface area contributed by atoms with Crippen molar-refractivity contribution in [1.82, 2.24) is 14.8 Å². The number of rotatable bonds is 6. The van der Waals surface area contributed by atoms with Gasteiger partial charge in [0, 0.05) is 12.8 Å². The number of aromatic nitrogens is 3. The summed E-state index contributed by atoms with van der Waals surface area (Å²) >= 11 is 5.22. The average Bonchev–Trinajstić information content (AvgIpc) is 2.77. The van der Waals surface area contributed by atoms with Gasteiger partial charge in [0.1, 0.15) is 6.61 Å². The maximum absolute atomic E-state index is 5.46. The second kappa shape index (κ2) is 6.44. The lowest BCUT2D eigenvalue weighted by Gasteiger charge is -2.07. The van der Waals surface area contributed by atoms with Crippen LogP contribution < -0.4 is 0 Å². The van der Waals surface area contributed by atoms with Crippen LogP contribution in [0.25, 0.3) is 5.69 Å². The molecule has 0 saturated heterocycles. The van der Waals surface area contributed by atoms with Crippen molar-refractivity contribution >= 4 is 12.2 Å². The molecule has 1 aromatic carbocycles. The smallest absolute Gasteiger partial charge is 0.199 e. The fourth-order valence-electron chi connectivity index (χ4n) is 1.58. The largest absolute Gasteiger partial charge is 0.382 e. The van der Waals surface area contributed by atoms with E-state index in [-0.39, 0.29) is 0 Å². The number of hydrogen-bond donors (Lipinski definition) is 1. The number of nitrogens with one attached hydrogen (secondary N) is 1. The summed E-state index contributed by atoms with van der Waals surface area (Å²) in [4.78, 5) is 0. The number of hydrogen-bond acceptors (Lipinski definition) is 4. The summed E-state index contributed by atoms with van der Waals surface area (Å²) in [5, 5.41) is 6.95. The second-order valence-electron chi connectivity index (χ2n) is 3.66. The maximum atomic E-state index is 5.46. The van der Waals surface area contributed by atoms with Gasteiger partial charge in [0.05, 0.1) is 13.2 Å². The number of ether oxygens (including phenoxy) is 2. The van der Waals surface area contributed by atoms with Gasteiger partial charge in [-0.1, -0.05) is 18.2 Å². The highest BCUT2D eigenvalue weighted by atomic mass is 32.1. The van der Waals surface area contributed by atoms with E-state index in [9.17, 15) is 0 Å². The Kier molecular flexibility index (Phi) is 4.63. The Balaban J connectivity index is 2.15. The van der Waals surface area contributed by atoms with Gasteiger partial charge in [0.25, 0.3) is 0 Å². The van der Waals surface area contributed by atoms with Crippen LogP contribution >= 0.6 is 12.2 Å². The first-order valence-electron chi connectivity index (χ1n) is 5.61. The molecule has 5 nitrogen and oxygen atoms in total. The van der Waals surface area contributed by atoms with Crippen LogP contribution in [0.1, 0.15) is 5.82 Å². The van der Waals surface area contributed by atoms with E-state index in [1.165, 1.54) is 0 Å². The molecule has 96 valence electrons. The van der Waals surface area contributed by atoms with Gasteiger partial charge < -0.3 is 9.47 Å². The summed E-state index contributed by atoms with van der Waals surface area (Å²) in [5.74, 6) is 0.752. The minimum absolute atomic E-state index is 0.394. The number of methoxy groups -OCH3 is 1. The molecule has 6 heteroatoms. The van der Waals surface area contributed by atoms with Crippen molar-refractivity contribution in [3.05, 3.63) is 40.9 Å². The summed E-state index contributed by atoms with van der Waals surface area (Å²) in [6, 6.07) is 9.83. The lowest BCUT2D eigenvalue weighted by atomic mass is 10.3. The summed E-state index contributed by atoms with van der Waals surface area (Å²) in [5.41, 5.74) is 0.974. The van der Waals surface area contributed by atoms with E-state index in [2.05, 4.69) is 10.2 Å². The Morgan fingerprint density at radius 1 is 1.28 bits per heavy atom. The Morgan fingerprint density at radius 3 is 2.78 bits per heavy atom. The molecule has 0 unspecified atom stereocenters. The normalized spacial score (nSPS) is 10.7. The SMILES string of the molecule is COCCOCc1n[nH]c(=S)n1-c1ccccc1. The summed E-state index contributed by atoms with van der Waals surface area (Å²) in [6.07, 6.45) is 0. The first-order valence-corrected chi connectivity index (χ1v) is 6.02. The Bertz CT molecular complexity index is 536. The molecular formula is C12H15N3O2S. The van der Waals surface area contributed by atoms with E-state index in [0.717, 1.165) is 11.5 Å². The zero-order valence-electron chi connectivity index (χ0n) is 10.1. The van der Waals surface area contributed by atoms with Crippen LogP contribution in [0.5, 0.6) is 0 Å². The van der Waals surface area contributed by atoms with Gasteiger partial charge >= 0.3 is 0 Å². The quantitative estimate of drug-likeness (QED) is 0.642. The van der Waals surface area contributed by atoms with E-state index in [4.69, 9.17) is 21.7 Å². The van der Waals surface area contributed by atoms with Gasteiger partial charge in [0.2, 0.25) is 0 Å². The molecule has 0 spiro atoms. The number of para-hydroxylation sites is 1. The van der Waals surface area contributed by atoms with E-state index in [1.54, 1.807) is 7.11 Å². The zero-order chi connectivity index (χ0) is 12.8. The first-order chi connectivity index (χ1) is 8.83. The van der Waals surface area contributed by atoms with Gasteiger partial charge in [-0.05, 0) is 24.4 Å². The van der Waals surface area contributed by atoms with E-state index < -0.39 is 0 Å². The van der Waals surface area contributed by atoms with Gasteiger partial charge in [-0.25, -0.2) is 0 Å². The third-order valence-electron chi connectivity index (χ3n) is 2.42. The second-order valence-corrected chi connectivity index (χ2v) is 4.05. The van der Waals surface area contributed by atoms with E-state index >= 15 is 0 Å². The molecule has 0 aliphatic rings. The van der Waals surface area contributed by atoms with Crippen molar-refractivity contribution in [1.29, 1.82) is 0 Å². The third kappa shape index (κ3) is 3.04. The lowest BCUT2D eigenvalue weighted by Crippen LogP contribution is -2.07. The number of aromatic amines is 1. The molecule has 18 heavy (non-hydrogen) atoms. The Morgan fingerprint density at radius 2 is 2.06 bits per heavy atom. The predicted molar refractivity (Wildman–Crippen MR) is 70.3 cm³/mol. The van der Waals surface area contributed by atoms with Crippen molar-refractivity contribution in [3.63, 3.8) is 0 Å². The monoisotopic (exact) mass is 265 g/mol. The molecule has 0 radical (unpaired) electrons. The Labute approximate surface area is 110 Å². The van der Waals surface area contributed by atoms with Crippen molar-refractivity contribution in [2.45, 2.75) is 6.61 Å². The molecular weight excluding hydrogens is 250 g/mol. The molecule has 2 aromatic rings. The predicted octanol–water partition coefficient (Wildman–Crippen LogP) is 2.09. The van der Waals surface area contributed by atoms with E-state index in [1.807, 2.05) is 34.9 Å². The molecule has 0 amide bonds. The van der Waals surface area contributed by atoms with Gasteiger partial charge in [-0.2, -0.15) is 5.10 Å². The van der Waals surface area contributed by atoms with Crippen LogP contribution in [-0.2, 0) is 16.1 Å². The van der Waals surface area contributed by atoms with Crippen molar-refractivity contribution in [2.24, 2.45) is 0 Å². The van der Waals surface area contributed by atoms with Crippen LogP contribution in [-0.4, -0.2) is 35.1 Å². The van der Waals surface area contributed by atoms with Gasteiger partial charge in [-0.15, -0.1) is 0 Å². The molecule has 2 rings (SSSR count). The number of benzene rings is 1. The van der Waals surface area contributed by atoms with Gasteiger partial charge in [-0.3, -0.25) is 9.67 Å². The minimum Gasteiger partial charge on any atom is -0.382 e. The molecule has 0 fully saturated rings. The lowest BCUT2D eigenvalue weighted by molar-refractivity contribution is 0.0579. The van der Waals surface area contributed by atoms with Crippen LogP contribution in [0.3, 0.4) is 0 Å². The molecule has 0 saturated carbocycles. The highest BCUT2D eigenvalue weighted by molar-refractivity contribution is 7.71. The number of H-pyrrole nitrogens is 1. The molecule has 0 atom stereocenters. The topological polar surface area (TPSA) is 52.1 Å². The minimum atomic E-state index is 0.394. The molecule has 1 heterocycles. The molecule has 0 aliphatic heterocycles. The first kappa shape index (κ1) is 12.9. The highest BCUT2D eigenvalue weighted by Gasteiger charge is 2.07. The molecule has 1 aromatic heterocycles. The third-order valence-corrected chi connectivity index (χ3v) is 2.69. The molecule has 0 bridgehead atoms.